The van der Waals surface area contributed by atoms with Crippen LogP contribution < -0.4 is 16.1 Å². The third-order valence-electron chi connectivity index (χ3n) is 5.87. The number of nitrogens with one attached hydrogen (secondary N) is 1. The summed E-state index contributed by atoms with van der Waals surface area (Å²) in [5.74, 6) is 5.68. The lowest BCUT2D eigenvalue weighted by Gasteiger charge is -2.19. The van der Waals surface area contributed by atoms with Gasteiger partial charge in [0.05, 0.1) is 16.9 Å². The number of benzene rings is 2. The predicted molar refractivity (Wildman–Crippen MR) is 120 cm³/mol. The van der Waals surface area contributed by atoms with E-state index in [1.54, 1.807) is 18.2 Å². The molecule has 160 valence electrons. The molecular weight excluding hydrogens is 393 g/mol. The molecule has 0 bridgehead atoms. The molecule has 0 radical (unpaired) electrons. The van der Waals surface area contributed by atoms with Crippen LogP contribution in [0, 0.1) is 11.3 Å². The zero-order valence-corrected chi connectivity index (χ0v) is 17.4. The molecule has 1 saturated heterocycles. The van der Waals surface area contributed by atoms with Crippen LogP contribution in [0.15, 0.2) is 48.0 Å². The van der Waals surface area contributed by atoms with Crippen molar-refractivity contribution >= 4 is 17.3 Å². The molecule has 6 nitrogen and oxygen atoms in total. The lowest BCUT2D eigenvalue weighted by atomic mass is 9.99. The number of anilines is 1. The van der Waals surface area contributed by atoms with Gasteiger partial charge in [0.15, 0.2) is 0 Å². The van der Waals surface area contributed by atoms with Gasteiger partial charge in [0.2, 0.25) is 5.90 Å². The number of fused-ring (bicyclic) bond motifs is 1. The highest BCUT2D eigenvalue weighted by Crippen LogP contribution is 2.27. The maximum atomic E-state index is 13.6. The molecule has 2 aromatic rings. The van der Waals surface area contributed by atoms with Crippen molar-refractivity contribution in [3.63, 3.8) is 0 Å². The molecule has 0 aromatic heterocycles. The molecule has 1 atom stereocenters. The van der Waals surface area contributed by atoms with Gasteiger partial charge in [0, 0.05) is 18.7 Å². The first kappa shape index (κ1) is 21.0. The van der Waals surface area contributed by atoms with E-state index in [9.17, 15) is 9.65 Å². The lowest BCUT2D eigenvalue weighted by molar-refractivity contribution is 0.322. The van der Waals surface area contributed by atoms with Gasteiger partial charge in [-0.05, 0) is 73.3 Å². The van der Waals surface area contributed by atoms with Gasteiger partial charge in [0.1, 0.15) is 12.2 Å². The molecule has 2 aliphatic heterocycles. The van der Waals surface area contributed by atoms with Crippen molar-refractivity contribution in [2.75, 3.05) is 31.1 Å². The minimum Gasteiger partial charge on any atom is -0.391 e. The largest absolute Gasteiger partial charge is 0.391 e. The van der Waals surface area contributed by atoms with Crippen LogP contribution in [-0.2, 0) is 17.7 Å². The van der Waals surface area contributed by atoms with Crippen LogP contribution in [0.5, 0.6) is 0 Å². The van der Waals surface area contributed by atoms with Crippen LogP contribution in [0.2, 0.25) is 0 Å². The number of nitrogens with two attached hydrogens (primary N) is 1. The van der Waals surface area contributed by atoms with Crippen LogP contribution >= 0.6 is 0 Å². The zero-order chi connectivity index (χ0) is 21.8. The van der Waals surface area contributed by atoms with Crippen LogP contribution in [0.1, 0.15) is 34.2 Å². The van der Waals surface area contributed by atoms with E-state index in [4.69, 9.17) is 10.7 Å². The van der Waals surface area contributed by atoms with Crippen LogP contribution in [0.4, 0.5) is 10.1 Å². The summed E-state index contributed by atoms with van der Waals surface area (Å²) in [6.07, 6.45) is 1.58. The van der Waals surface area contributed by atoms with E-state index in [1.165, 1.54) is 11.1 Å². The lowest BCUT2D eigenvalue weighted by Crippen LogP contribution is -2.21. The van der Waals surface area contributed by atoms with Crippen LogP contribution in [0.3, 0.4) is 0 Å². The number of halogens is 1. The summed E-state index contributed by atoms with van der Waals surface area (Å²) in [6.45, 7) is 6.91. The van der Waals surface area contributed by atoms with Crippen LogP contribution in [-0.4, -0.2) is 38.2 Å². The zero-order valence-electron chi connectivity index (χ0n) is 17.4. The van der Waals surface area contributed by atoms with E-state index in [-0.39, 0.29) is 5.90 Å². The number of alkyl halides is 1. The average Bonchev–Trinajstić information content (AvgIpc) is 3.08. The maximum absolute atomic E-state index is 13.6. The number of hydrogen-bond donors (Lipinski definition) is 2. The molecule has 1 unspecified atom stereocenters. The highest BCUT2D eigenvalue weighted by atomic mass is 19.1. The second-order valence-electron chi connectivity index (χ2n) is 7.89. The molecule has 7 heteroatoms. The minimum atomic E-state index is -0.865. The molecule has 0 spiro atoms. The topological polar surface area (TPSA) is 86.7 Å². The molecule has 3 N–H and O–H groups in total. The summed E-state index contributed by atoms with van der Waals surface area (Å²) in [4.78, 5) is 11.4. The van der Waals surface area contributed by atoms with E-state index in [1.807, 2.05) is 11.0 Å². The highest BCUT2D eigenvalue weighted by molar-refractivity contribution is 5.98. The summed E-state index contributed by atoms with van der Waals surface area (Å²) in [5, 5.41) is 13.0. The van der Waals surface area contributed by atoms with Crippen molar-refractivity contribution in [1.82, 2.24) is 5.32 Å². The van der Waals surface area contributed by atoms with Gasteiger partial charge in [-0.2, -0.15) is 11.2 Å². The Morgan fingerprint density at radius 3 is 2.68 bits per heavy atom. The Hall–Kier alpha value is -3.21. The SMILES string of the molecule is C=C(N=C(ON)c1ccc(N2CCC(F)C2)c(C#N)c1)c1ccc2c(c1)CCNCC2. The molecule has 0 amide bonds. The second-order valence-corrected chi connectivity index (χ2v) is 7.89. The van der Waals surface area contributed by atoms with Gasteiger partial charge in [-0.25, -0.2) is 9.38 Å². The van der Waals surface area contributed by atoms with E-state index >= 15 is 0 Å². The monoisotopic (exact) mass is 419 g/mol. The summed E-state index contributed by atoms with van der Waals surface area (Å²) in [6, 6.07) is 13.7. The molecule has 1 fully saturated rings. The molecule has 0 aliphatic carbocycles. The fourth-order valence-electron chi connectivity index (χ4n) is 4.17. The molecule has 2 aromatic carbocycles. The van der Waals surface area contributed by atoms with Crippen molar-refractivity contribution < 1.29 is 9.23 Å². The van der Waals surface area contributed by atoms with Crippen molar-refractivity contribution in [3.05, 3.63) is 70.8 Å². The Morgan fingerprint density at radius 1 is 1.19 bits per heavy atom. The number of hydrogen-bond acceptors (Lipinski definition) is 6. The van der Waals surface area contributed by atoms with Gasteiger partial charge < -0.3 is 15.1 Å². The Kier molecular flexibility index (Phi) is 6.31. The predicted octanol–water partition coefficient (Wildman–Crippen LogP) is 3.10. The fraction of sp³-hybridized carbons (Fsp3) is 0.333. The molecule has 4 rings (SSSR count). The number of nitriles is 1. The maximum Gasteiger partial charge on any atom is 0.245 e. The molecular formula is C24H26FN5O. The quantitative estimate of drug-likeness (QED) is 0.452. The fourth-order valence-corrected chi connectivity index (χ4v) is 4.17. The van der Waals surface area contributed by atoms with E-state index in [0.29, 0.717) is 42.0 Å². The molecule has 2 aliphatic rings. The summed E-state index contributed by atoms with van der Waals surface area (Å²) < 4.78 is 13.6. The normalized spacial score (nSPS) is 18.8. The standard InChI is InChI=1S/C24H26FN5O/c1-16(18-3-2-17-6-9-28-10-7-19(17)12-18)29-24(31-27)20-4-5-23(21(13-20)14-26)30-11-8-22(25)15-30/h2-5,12-13,22,28H,1,6-11,15,27H2. The molecule has 2 heterocycles. The van der Waals surface area contributed by atoms with Crippen molar-refractivity contribution in [2.45, 2.75) is 25.4 Å². The van der Waals surface area contributed by atoms with Crippen molar-refractivity contribution in [3.8, 4) is 6.07 Å². The van der Waals surface area contributed by atoms with Crippen molar-refractivity contribution in [1.29, 1.82) is 5.26 Å². The van der Waals surface area contributed by atoms with Crippen molar-refractivity contribution in [2.24, 2.45) is 10.9 Å². The summed E-state index contributed by atoms with van der Waals surface area (Å²) >= 11 is 0. The summed E-state index contributed by atoms with van der Waals surface area (Å²) in [5.41, 5.74) is 5.77. The smallest absolute Gasteiger partial charge is 0.245 e. The molecule has 0 saturated carbocycles. The van der Waals surface area contributed by atoms with Crippen LogP contribution in [0.25, 0.3) is 5.70 Å². The van der Waals surface area contributed by atoms with Gasteiger partial charge in [0.25, 0.3) is 0 Å². The first-order chi connectivity index (χ1) is 15.1. The van der Waals surface area contributed by atoms with Gasteiger partial charge in [-0.3, -0.25) is 0 Å². The second kappa shape index (κ2) is 9.29. The van der Waals surface area contributed by atoms with E-state index in [0.717, 1.165) is 31.5 Å². The Balaban J connectivity index is 1.60. The highest BCUT2D eigenvalue weighted by Gasteiger charge is 2.24. The Morgan fingerprint density at radius 2 is 1.97 bits per heavy atom. The minimum absolute atomic E-state index is 0.175. The van der Waals surface area contributed by atoms with Gasteiger partial charge in [-0.15, -0.1) is 0 Å². The molecule has 31 heavy (non-hydrogen) atoms. The first-order valence-corrected chi connectivity index (χ1v) is 10.5. The van der Waals surface area contributed by atoms with E-state index < -0.39 is 6.17 Å². The number of nitrogens with zero attached hydrogens (tertiary/aromatic N) is 3. The van der Waals surface area contributed by atoms with Gasteiger partial charge >= 0.3 is 0 Å². The summed E-state index contributed by atoms with van der Waals surface area (Å²) in [7, 11) is 0. The third-order valence-corrected chi connectivity index (χ3v) is 5.87. The van der Waals surface area contributed by atoms with E-state index in [2.05, 4.69) is 35.1 Å². The van der Waals surface area contributed by atoms with Gasteiger partial charge in [-0.1, -0.05) is 18.7 Å². The average molecular weight is 420 g/mol. The Bertz CT molecular complexity index is 1060. The number of aliphatic imine (C=N–C) groups is 1. The first-order valence-electron chi connectivity index (χ1n) is 10.5. The Labute approximate surface area is 181 Å². The number of rotatable bonds is 4. The third kappa shape index (κ3) is 4.61.